The zero-order valence-corrected chi connectivity index (χ0v) is 13.4. The number of carbonyl (C=O) groups is 2. The number of ether oxygens (including phenoxy) is 1. The molecule has 3 aliphatic rings. The van der Waals surface area contributed by atoms with Crippen LogP contribution in [0.2, 0.25) is 0 Å². The molecule has 2 amide bonds. The van der Waals surface area contributed by atoms with Crippen molar-refractivity contribution in [2.75, 3.05) is 39.4 Å². The highest BCUT2D eigenvalue weighted by atomic mass is 16.5. The molecule has 2 aliphatic heterocycles. The van der Waals surface area contributed by atoms with Gasteiger partial charge in [-0.15, -0.1) is 0 Å². The van der Waals surface area contributed by atoms with Crippen LogP contribution in [0.4, 0.5) is 0 Å². The van der Waals surface area contributed by atoms with Crippen LogP contribution in [0, 0.1) is 16.7 Å². The van der Waals surface area contributed by atoms with Gasteiger partial charge in [0.1, 0.15) is 0 Å². The van der Waals surface area contributed by atoms with Crippen LogP contribution in [-0.4, -0.2) is 61.0 Å². The van der Waals surface area contributed by atoms with Crippen LogP contribution in [0.3, 0.4) is 0 Å². The van der Waals surface area contributed by atoms with Gasteiger partial charge < -0.3 is 4.74 Å². The molecule has 2 heterocycles. The first kappa shape index (κ1) is 15.0. The van der Waals surface area contributed by atoms with Gasteiger partial charge in [0.05, 0.1) is 18.6 Å². The van der Waals surface area contributed by atoms with E-state index in [4.69, 9.17) is 4.74 Å². The Kier molecular flexibility index (Phi) is 3.61. The van der Waals surface area contributed by atoms with E-state index in [9.17, 15) is 9.59 Å². The zero-order chi connectivity index (χ0) is 15.3. The number of nitrogens with zero attached hydrogens (tertiary/aromatic N) is 2. The predicted octanol–water partition coefficient (Wildman–Crippen LogP) is 1.13. The quantitative estimate of drug-likeness (QED) is 0.732. The van der Waals surface area contributed by atoms with Gasteiger partial charge >= 0.3 is 0 Å². The second-order valence-corrected chi connectivity index (χ2v) is 7.39. The van der Waals surface area contributed by atoms with E-state index in [0.29, 0.717) is 6.54 Å². The molecule has 2 saturated heterocycles. The summed E-state index contributed by atoms with van der Waals surface area (Å²) >= 11 is 0. The van der Waals surface area contributed by atoms with Crippen LogP contribution >= 0.6 is 0 Å². The smallest absolute Gasteiger partial charge is 0.235 e. The Labute approximate surface area is 126 Å². The lowest BCUT2D eigenvalue weighted by Crippen LogP contribution is -2.60. The molecule has 0 spiro atoms. The minimum Gasteiger partial charge on any atom is -0.379 e. The molecule has 2 atom stereocenters. The fourth-order valence-electron chi connectivity index (χ4n) is 4.18. The van der Waals surface area contributed by atoms with Gasteiger partial charge in [-0.3, -0.25) is 19.4 Å². The molecule has 0 radical (unpaired) electrons. The molecular formula is C16H26N2O3. The number of fused-ring (bicyclic) bond motifs is 2. The molecule has 5 heteroatoms. The Hall–Kier alpha value is -0.940. The molecular weight excluding hydrogens is 268 g/mol. The summed E-state index contributed by atoms with van der Waals surface area (Å²) in [5.41, 5.74) is -0.590. The molecule has 1 saturated carbocycles. The first-order valence-electron chi connectivity index (χ1n) is 8.04. The summed E-state index contributed by atoms with van der Waals surface area (Å²) in [5.74, 6) is 0.0950. The lowest BCUT2D eigenvalue weighted by atomic mass is 9.62. The summed E-state index contributed by atoms with van der Waals surface area (Å²) in [6.07, 6.45) is 1.69. The van der Waals surface area contributed by atoms with Gasteiger partial charge in [0.2, 0.25) is 11.8 Å². The fraction of sp³-hybridized carbons (Fsp3) is 0.875. The number of morpholine rings is 1. The van der Waals surface area contributed by atoms with Gasteiger partial charge in [-0.2, -0.15) is 0 Å². The van der Waals surface area contributed by atoms with Crippen molar-refractivity contribution >= 4 is 11.8 Å². The molecule has 3 rings (SSSR count). The van der Waals surface area contributed by atoms with Crippen molar-refractivity contribution < 1.29 is 14.3 Å². The lowest BCUT2D eigenvalue weighted by Gasteiger charge is -2.48. The van der Waals surface area contributed by atoms with Gasteiger partial charge in [0.25, 0.3) is 0 Å². The number of hydrogen-bond donors (Lipinski definition) is 0. The van der Waals surface area contributed by atoms with Crippen LogP contribution in [0.5, 0.6) is 0 Å². The molecule has 2 unspecified atom stereocenters. The lowest BCUT2D eigenvalue weighted by molar-refractivity contribution is -0.168. The minimum atomic E-state index is -0.378. The summed E-state index contributed by atoms with van der Waals surface area (Å²) in [7, 11) is 0. The summed E-state index contributed by atoms with van der Waals surface area (Å²) in [6.45, 7) is 10.8. The molecule has 3 fully saturated rings. The van der Waals surface area contributed by atoms with Crippen molar-refractivity contribution in [2.45, 2.75) is 33.6 Å². The first-order chi connectivity index (χ1) is 9.88. The van der Waals surface area contributed by atoms with Gasteiger partial charge in [0.15, 0.2) is 0 Å². The number of hydrogen-bond acceptors (Lipinski definition) is 4. The molecule has 0 aromatic rings. The highest BCUT2D eigenvalue weighted by Gasteiger charge is 2.64. The second-order valence-electron chi connectivity index (χ2n) is 7.39. The molecule has 1 aliphatic carbocycles. The van der Waals surface area contributed by atoms with Crippen molar-refractivity contribution in [3.63, 3.8) is 0 Å². The molecule has 21 heavy (non-hydrogen) atoms. The number of rotatable bonds is 3. The van der Waals surface area contributed by atoms with Gasteiger partial charge in [-0.25, -0.2) is 0 Å². The average molecular weight is 294 g/mol. The molecule has 2 bridgehead atoms. The van der Waals surface area contributed by atoms with Crippen LogP contribution in [0.25, 0.3) is 0 Å². The SMILES string of the molecule is CC12CCC(C(=O)N(CCN3CCOCC3)C1=O)C2(C)C. The van der Waals surface area contributed by atoms with Gasteiger partial charge in [0, 0.05) is 32.1 Å². The minimum absolute atomic E-state index is 0.00453. The molecule has 0 N–H and O–H groups in total. The van der Waals surface area contributed by atoms with E-state index in [2.05, 4.69) is 18.7 Å². The maximum absolute atomic E-state index is 12.9. The third-order valence-electron chi connectivity index (χ3n) is 6.25. The van der Waals surface area contributed by atoms with Crippen LogP contribution in [0.1, 0.15) is 33.6 Å². The largest absolute Gasteiger partial charge is 0.379 e. The van der Waals surface area contributed by atoms with E-state index in [0.717, 1.165) is 45.7 Å². The Morgan fingerprint density at radius 3 is 2.48 bits per heavy atom. The third kappa shape index (κ3) is 2.13. The van der Waals surface area contributed by atoms with Gasteiger partial charge in [-0.1, -0.05) is 20.8 Å². The molecule has 0 aromatic heterocycles. The van der Waals surface area contributed by atoms with Crippen molar-refractivity contribution in [1.82, 2.24) is 9.80 Å². The summed E-state index contributed by atoms with van der Waals surface area (Å²) in [4.78, 5) is 29.4. The van der Waals surface area contributed by atoms with Crippen molar-refractivity contribution in [2.24, 2.45) is 16.7 Å². The van der Waals surface area contributed by atoms with E-state index in [1.165, 1.54) is 0 Å². The highest BCUT2D eigenvalue weighted by molar-refractivity contribution is 6.03. The number of likely N-dealkylation sites (tertiary alicyclic amines) is 1. The topological polar surface area (TPSA) is 49.9 Å². The number of imide groups is 1. The second kappa shape index (κ2) is 5.06. The summed E-state index contributed by atoms with van der Waals surface area (Å²) < 4.78 is 5.33. The van der Waals surface area contributed by atoms with E-state index in [1.807, 2.05) is 6.92 Å². The van der Waals surface area contributed by atoms with E-state index >= 15 is 0 Å². The average Bonchev–Trinajstić information content (AvgIpc) is 2.65. The van der Waals surface area contributed by atoms with Crippen molar-refractivity contribution in [3.05, 3.63) is 0 Å². The Balaban J connectivity index is 1.72. The Morgan fingerprint density at radius 2 is 1.81 bits per heavy atom. The molecule has 0 aromatic carbocycles. The third-order valence-corrected chi connectivity index (χ3v) is 6.25. The fourth-order valence-corrected chi connectivity index (χ4v) is 4.18. The Bertz CT molecular complexity index is 456. The van der Waals surface area contributed by atoms with E-state index < -0.39 is 0 Å². The van der Waals surface area contributed by atoms with Crippen molar-refractivity contribution in [3.8, 4) is 0 Å². The summed E-state index contributed by atoms with van der Waals surface area (Å²) in [5, 5.41) is 0. The van der Waals surface area contributed by atoms with E-state index in [1.54, 1.807) is 4.90 Å². The number of amides is 2. The monoisotopic (exact) mass is 294 g/mol. The Morgan fingerprint density at radius 1 is 1.14 bits per heavy atom. The normalized spacial score (nSPS) is 36.3. The molecule has 5 nitrogen and oxygen atoms in total. The summed E-state index contributed by atoms with van der Waals surface area (Å²) in [6, 6.07) is 0. The number of piperidine rings is 1. The number of carbonyl (C=O) groups excluding carboxylic acids is 2. The van der Waals surface area contributed by atoms with Crippen molar-refractivity contribution in [1.29, 1.82) is 0 Å². The maximum Gasteiger partial charge on any atom is 0.235 e. The van der Waals surface area contributed by atoms with Gasteiger partial charge in [-0.05, 0) is 18.3 Å². The molecule has 118 valence electrons. The van der Waals surface area contributed by atoms with E-state index in [-0.39, 0.29) is 28.6 Å². The first-order valence-corrected chi connectivity index (χ1v) is 8.04. The standard InChI is InChI=1S/C16H26N2O3/c1-15(2)12-4-5-16(15,3)14(20)18(13(12)19)7-6-17-8-10-21-11-9-17/h12H,4-11H2,1-3H3. The zero-order valence-electron chi connectivity index (χ0n) is 13.4. The van der Waals surface area contributed by atoms with Crippen LogP contribution in [0.15, 0.2) is 0 Å². The highest BCUT2D eigenvalue weighted by Crippen LogP contribution is 2.59. The predicted molar refractivity (Wildman–Crippen MR) is 78.6 cm³/mol. The maximum atomic E-state index is 12.9. The van der Waals surface area contributed by atoms with Crippen LogP contribution < -0.4 is 0 Å². The van der Waals surface area contributed by atoms with Crippen LogP contribution in [-0.2, 0) is 14.3 Å².